The van der Waals surface area contributed by atoms with E-state index in [1.54, 1.807) is 4.68 Å². The van der Waals surface area contributed by atoms with E-state index in [1.807, 2.05) is 26.0 Å². The summed E-state index contributed by atoms with van der Waals surface area (Å²) in [7, 11) is 0. The molecule has 1 aromatic rings. The van der Waals surface area contributed by atoms with Gasteiger partial charge in [-0.1, -0.05) is 19.3 Å². The molecule has 0 unspecified atom stereocenters. The Labute approximate surface area is 125 Å². The van der Waals surface area contributed by atoms with Crippen molar-refractivity contribution < 1.29 is 14.7 Å². The molecule has 0 aliphatic heterocycles. The summed E-state index contributed by atoms with van der Waals surface area (Å²) < 4.78 is 1.76. The molecule has 1 fully saturated rings. The van der Waals surface area contributed by atoms with Crippen LogP contribution in [0.1, 0.15) is 56.3 Å². The van der Waals surface area contributed by atoms with Crippen molar-refractivity contribution in [3.63, 3.8) is 0 Å². The third kappa shape index (κ3) is 3.86. The van der Waals surface area contributed by atoms with Crippen LogP contribution < -0.4 is 5.43 Å². The first kappa shape index (κ1) is 15.6. The van der Waals surface area contributed by atoms with Crippen molar-refractivity contribution in [3.05, 3.63) is 23.5 Å². The van der Waals surface area contributed by atoms with E-state index in [-0.39, 0.29) is 24.2 Å². The van der Waals surface area contributed by atoms with Crippen molar-refractivity contribution in [1.82, 2.24) is 4.68 Å². The molecule has 0 saturated heterocycles. The van der Waals surface area contributed by atoms with Crippen LogP contribution in [0.4, 0.5) is 0 Å². The van der Waals surface area contributed by atoms with Crippen LogP contribution in [0.5, 0.6) is 0 Å². The number of nitrogens with one attached hydrogen (secondary N) is 1. The second-order valence-corrected chi connectivity index (χ2v) is 6.29. The number of carboxylic acids is 1. The largest absolute Gasteiger partial charge is 0.481 e. The van der Waals surface area contributed by atoms with Gasteiger partial charge in [-0.05, 0) is 44.2 Å². The Hall–Kier alpha value is -1.78. The summed E-state index contributed by atoms with van der Waals surface area (Å²) in [4.78, 5) is 23.5. The Morgan fingerprint density at radius 1 is 1.14 bits per heavy atom. The number of carbonyl (C=O) groups excluding carboxylic acids is 1. The Morgan fingerprint density at radius 2 is 1.71 bits per heavy atom. The van der Waals surface area contributed by atoms with Gasteiger partial charge in [0, 0.05) is 17.8 Å². The smallest absolute Gasteiger partial charge is 0.303 e. The summed E-state index contributed by atoms with van der Waals surface area (Å²) in [5, 5.41) is 9.15. The number of hydrogen-bond acceptors (Lipinski definition) is 2. The van der Waals surface area contributed by atoms with Crippen LogP contribution in [-0.4, -0.2) is 21.7 Å². The maximum Gasteiger partial charge on any atom is 0.303 e. The predicted molar refractivity (Wildman–Crippen MR) is 80.7 cm³/mol. The molecule has 1 aliphatic rings. The zero-order chi connectivity index (χ0) is 15.5. The molecule has 0 aromatic carbocycles. The molecule has 1 aromatic heterocycles. The zero-order valence-corrected chi connectivity index (χ0v) is 12.8. The first-order valence-corrected chi connectivity index (χ1v) is 7.58. The van der Waals surface area contributed by atoms with Crippen LogP contribution in [0.15, 0.2) is 12.1 Å². The van der Waals surface area contributed by atoms with Gasteiger partial charge in [0.05, 0.1) is 6.42 Å². The molecule has 2 N–H and O–H groups in total. The first-order valence-electron chi connectivity index (χ1n) is 7.58. The molecule has 1 amide bonds. The highest BCUT2D eigenvalue weighted by molar-refractivity contribution is 5.85. The maximum atomic E-state index is 12.3. The van der Waals surface area contributed by atoms with Crippen molar-refractivity contribution in [2.24, 2.45) is 5.41 Å². The van der Waals surface area contributed by atoms with Gasteiger partial charge in [-0.2, -0.15) is 0 Å². The Balaban J connectivity index is 2.06. The summed E-state index contributed by atoms with van der Waals surface area (Å²) in [6.07, 6.45) is 5.20. The van der Waals surface area contributed by atoms with Gasteiger partial charge in [0.1, 0.15) is 0 Å². The second kappa shape index (κ2) is 6.33. The first-order chi connectivity index (χ1) is 9.92. The van der Waals surface area contributed by atoms with Crippen LogP contribution in [0.25, 0.3) is 0 Å². The van der Waals surface area contributed by atoms with E-state index in [0.717, 1.165) is 43.5 Å². The van der Waals surface area contributed by atoms with Crippen LogP contribution in [0.3, 0.4) is 0 Å². The lowest BCUT2D eigenvalue weighted by Crippen LogP contribution is -2.35. The molecule has 116 valence electrons. The normalized spacial score (nSPS) is 17.4. The molecule has 0 atom stereocenters. The number of amides is 1. The van der Waals surface area contributed by atoms with Gasteiger partial charge < -0.3 is 5.11 Å². The molecule has 21 heavy (non-hydrogen) atoms. The Kier molecular flexibility index (Phi) is 4.70. The van der Waals surface area contributed by atoms with Crippen LogP contribution in [0.2, 0.25) is 0 Å². The molecular formula is C16H24N2O3. The van der Waals surface area contributed by atoms with E-state index in [4.69, 9.17) is 5.11 Å². The van der Waals surface area contributed by atoms with E-state index >= 15 is 0 Å². The van der Waals surface area contributed by atoms with Crippen molar-refractivity contribution in [3.8, 4) is 0 Å². The molecule has 1 aliphatic carbocycles. The summed E-state index contributed by atoms with van der Waals surface area (Å²) in [5.74, 6) is -0.904. The molecule has 5 heteroatoms. The van der Waals surface area contributed by atoms with Gasteiger partial charge in [0.2, 0.25) is 5.91 Å². The monoisotopic (exact) mass is 292 g/mol. The fourth-order valence-electron chi connectivity index (χ4n) is 3.39. The number of aryl methyl sites for hydroxylation is 2. The van der Waals surface area contributed by atoms with E-state index in [9.17, 15) is 9.59 Å². The Morgan fingerprint density at radius 3 is 2.24 bits per heavy atom. The van der Waals surface area contributed by atoms with Gasteiger partial charge in [0.25, 0.3) is 0 Å². The number of aliphatic carboxylic acids is 1. The highest BCUT2D eigenvalue weighted by Crippen LogP contribution is 2.42. The average Bonchev–Trinajstić information content (AvgIpc) is 2.70. The average molecular weight is 292 g/mol. The summed E-state index contributed by atoms with van der Waals surface area (Å²) in [5.41, 5.74) is 4.46. The lowest BCUT2D eigenvalue weighted by atomic mass is 9.69. The third-order valence-electron chi connectivity index (χ3n) is 4.48. The Bertz CT molecular complexity index is 508. The minimum absolute atomic E-state index is 0.0874. The SMILES string of the molecule is Cc1ccc(C)n1NC(=O)CC1(CC(=O)O)CCCCC1. The molecule has 0 radical (unpaired) electrons. The van der Waals surface area contributed by atoms with E-state index in [2.05, 4.69) is 5.43 Å². The number of carboxylic acid groups (broad SMARTS) is 1. The topological polar surface area (TPSA) is 71.3 Å². The number of carbonyl (C=O) groups is 2. The molecule has 0 bridgehead atoms. The standard InChI is InChI=1S/C16H24N2O3/c1-12-6-7-13(2)18(12)17-14(19)10-16(11-15(20)21)8-4-3-5-9-16/h6-7H,3-5,8-11H2,1-2H3,(H,17,19)(H,20,21). The number of hydrogen-bond donors (Lipinski definition) is 2. The van der Waals surface area contributed by atoms with Crippen molar-refractivity contribution in [1.29, 1.82) is 0 Å². The maximum absolute atomic E-state index is 12.3. The van der Waals surface area contributed by atoms with Crippen LogP contribution in [0, 0.1) is 19.3 Å². The van der Waals surface area contributed by atoms with E-state index in [1.165, 1.54) is 0 Å². The van der Waals surface area contributed by atoms with Crippen molar-refractivity contribution >= 4 is 11.9 Å². The van der Waals surface area contributed by atoms with Gasteiger partial charge in [0.15, 0.2) is 0 Å². The lowest BCUT2D eigenvalue weighted by Gasteiger charge is -2.35. The minimum atomic E-state index is -0.807. The van der Waals surface area contributed by atoms with Gasteiger partial charge in [-0.15, -0.1) is 0 Å². The number of aromatic nitrogens is 1. The van der Waals surface area contributed by atoms with Gasteiger partial charge in [-0.25, -0.2) is 0 Å². The summed E-state index contributed by atoms with van der Waals surface area (Å²) in [6, 6.07) is 3.90. The van der Waals surface area contributed by atoms with Crippen LogP contribution >= 0.6 is 0 Å². The van der Waals surface area contributed by atoms with Crippen molar-refractivity contribution in [2.75, 3.05) is 5.43 Å². The second-order valence-electron chi connectivity index (χ2n) is 6.29. The number of nitrogens with zero attached hydrogens (tertiary/aromatic N) is 1. The van der Waals surface area contributed by atoms with E-state index in [0.29, 0.717) is 0 Å². The fraction of sp³-hybridized carbons (Fsp3) is 0.625. The fourth-order valence-corrected chi connectivity index (χ4v) is 3.39. The minimum Gasteiger partial charge on any atom is -0.481 e. The highest BCUT2D eigenvalue weighted by atomic mass is 16.4. The zero-order valence-electron chi connectivity index (χ0n) is 12.8. The quantitative estimate of drug-likeness (QED) is 0.876. The predicted octanol–water partition coefficient (Wildman–Crippen LogP) is 2.99. The summed E-state index contributed by atoms with van der Waals surface area (Å²) >= 11 is 0. The number of rotatable bonds is 5. The lowest BCUT2D eigenvalue weighted by molar-refractivity contribution is -0.141. The summed E-state index contributed by atoms with van der Waals surface area (Å²) in [6.45, 7) is 3.86. The van der Waals surface area contributed by atoms with Gasteiger partial charge >= 0.3 is 5.97 Å². The third-order valence-corrected chi connectivity index (χ3v) is 4.48. The molecule has 1 saturated carbocycles. The molecule has 0 spiro atoms. The molecule has 5 nitrogen and oxygen atoms in total. The van der Waals surface area contributed by atoms with Crippen molar-refractivity contribution in [2.45, 2.75) is 58.8 Å². The van der Waals surface area contributed by atoms with Crippen LogP contribution in [-0.2, 0) is 9.59 Å². The molecule has 1 heterocycles. The molecular weight excluding hydrogens is 268 g/mol. The highest BCUT2D eigenvalue weighted by Gasteiger charge is 2.36. The molecule has 2 rings (SSSR count). The van der Waals surface area contributed by atoms with Gasteiger partial charge in [-0.3, -0.25) is 19.7 Å². The van der Waals surface area contributed by atoms with E-state index < -0.39 is 5.97 Å².